The van der Waals surface area contributed by atoms with Crippen molar-refractivity contribution in [3.8, 4) is 5.69 Å². The third-order valence-electron chi connectivity index (χ3n) is 4.07. The number of fused-ring (bicyclic) bond motifs is 1. The lowest BCUT2D eigenvalue weighted by Gasteiger charge is -2.05. The number of pyridine rings is 1. The van der Waals surface area contributed by atoms with Crippen LogP contribution in [0.3, 0.4) is 0 Å². The summed E-state index contributed by atoms with van der Waals surface area (Å²) in [4.78, 5) is 16.1. The Hall–Kier alpha value is -2.76. The second kappa shape index (κ2) is 4.87. The van der Waals surface area contributed by atoms with E-state index in [4.69, 9.17) is 0 Å². The van der Waals surface area contributed by atoms with Gasteiger partial charge in [-0.1, -0.05) is 12.1 Å². The molecule has 1 N–H and O–H groups in total. The first kappa shape index (κ1) is 13.9. The Morgan fingerprint density at radius 3 is 2.74 bits per heavy atom. The summed E-state index contributed by atoms with van der Waals surface area (Å²) in [6.07, 6.45) is 1.94. The maximum atomic E-state index is 14.2. The van der Waals surface area contributed by atoms with Gasteiger partial charge in [0.1, 0.15) is 11.5 Å². The zero-order valence-electron chi connectivity index (χ0n) is 12.5. The molecular weight excluding hydrogens is 297 g/mol. The molecule has 2 heterocycles. The molecule has 0 unspecified atom stereocenters. The molecule has 0 saturated heterocycles. The summed E-state index contributed by atoms with van der Waals surface area (Å²) in [5.41, 5.74) is 2.12. The summed E-state index contributed by atoms with van der Waals surface area (Å²) >= 11 is 0. The number of aryl methyl sites for hydroxylation is 1. The highest BCUT2D eigenvalue weighted by atomic mass is 19.1. The van der Waals surface area contributed by atoms with Crippen molar-refractivity contribution < 1.29 is 14.3 Å². The van der Waals surface area contributed by atoms with E-state index in [2.05, 4.69) is 10.1 Å². The standard InChI is InChI=1S/C17H14FN3O2/c1-9-8-11(17(22)23)14-15(10-6-7-10)20-21(16(14)19-9)13-5-3-2-4-12(13)18/h2-5,8,10H,6-7H2,1H3,(H,22,23). The average Bonchev–Trinajstić information content (AvgIpc) is 3.29. The van der Waals surface area contributed by atoms with Gasteiger partial charge in [-0.05, 0) is 38.0 Å². The van der Waals surface area contributed by atoms with E-state index in [0.717, 1.165) is 12.8 Å². The van der Waals surface area contributed by atoms with Gasteiger partial charge in [0.25, 0.3) is 0 Å². The van der Waals surface area contributed by atoms with Crippen LogP contribution in [0.15, 0.2) is 30.3 Å². The average molecular weight is 311 g/mol. The molecular formula is C17H14FN3O2. The maximum absolute atomic E-state index is 14.2. The van der Waals surface area contributed by atoms with Crippen LogP contribution >= 0.6 is 0 Å². The second-order valence-corrected chi connectivity index (χ2v) is 5.84. The lowest BCUT2D eigenvalue weighted by atomic mass is 10.1. The van der Waals surface area contributed by atoms with Crippen molar-refractivity contribution in [3.63, 3.8) is 0 Å². The van der Waals surface area contributed by atoms with E-state index in [-0.39, 0.29) is 17.2 Å². The van der Waals surface area contributed by atoms with E-state index in [9.17, 15) is 14.3 Å². The highest BCUT2D eigenvalue weighted by Crippen LogP contribution is 2.43. The number of benzene rings is 1. The van der Waals surface area contributed by atoms with Crippen LogP contribution in [0.2, 0.25) is 0 Å². The SMILES string of the molecule is Cc1cc(C(=O)O)c2c(C3CC3)nn(-c3ccccc3F)c2n1. The fourth-order valence-electron chi connectivity index (χ4n) is 2.87. The Kier molecular flexibility index (Phi) is 2.94. The van der Waals surface area contributed by atoms with Crippen LogP contribution in [0.4, 0.5) is 4.39 Å². The van der Waals surface area contributed by atoms with Crippen molar-refractivity contribution in [2.75, 3.05) is 0 Å². The van der Waals surface area contributed by atoms with Gasteiger partial charge in [-0.3, -0.25) is 0 Å². The van der Waals surface area contributed by atoms with Crippen molar-refractivity contribution in [1.29, 1.82) is 0 Å². The number of para-hydroxylation sites is 1. The number of nitrogens with zero attached hydrogens (tertiary/aromatic N) is 3. The van der Waals surface area contributed by atoms with Crippen LogP contribution in [-0.4, -0.2) is 25.8 Å². The Bertz CT molecular complexity index is 944. The van der Waals surface area contributed by atoms with Crippen LogP contribution in [0.1, 0.15) is 40.5 Å². The van der Waals surface area contributed by atoms with Crippen molar-refractivity contribution >= 4 is 17.0 Å². The van der Waals surface area contributed by atoms with Gasteiger partial charge >= 0.3 is 5.97 Å². The Labute approximate surface area is 131 Å². The first-order valence-electron chi connectivity index (χ1n) is 7.44. The number of rotatable bonds is 3. The molecule has 2 aromatic heterocycles. The predicted octanol–water partition coefficient (Wildman–Crippen LogP) is 3.44. The number of halogens is 1. The molecule has 1 saturated carbocycles. The summed E-state index contributed by atoms with van der Waals surface area (Å²) in [5, 5.41) is 14.6. The number of hydrogen-bond acceptors (Lipinski definition) is 3. The van der Waals surface area contributed by atoms with Crippen molar-refractivity contribution in [2.24, 2.45) is 0 Å². The number of aromatic nitrogens is 3. The monoisotopic (exact) mass is 311 g/mol. The van der Waals surface area contributed by atoms with Gasteiger partial charge in [-0.15, -0.1) is 0 Å². The van der Waals surface area contributed by atoms with E-state index in [1.807, 2.05) is 0 Å². The number of aromatic carboxylic acids is 1. The van der Waals surface area contributed by atoms with Crippen molar-refractivity contribution in [1.82, 2.24) is 14.8 Å². The van der Waals surface area contributed by atoms with E-state index in [0.29, 0.717) is 22.4 Å². The molecule has 3 aromatic rings. The third kappa shape index (κ3) is 2.18. The Morgan fingerprint density at radius 1 is 1.35 bits per heavy atom. The summed E-state index contributed by atoms with van der Waals surface area (Å²) in [5.74, 6) is -1.21. The topological polar surface area (TPSA) is 68.0 Å². The summed E-state index contributed by atoms with van der Waals surface area (Å²) < 4.78 is 15.6. The summed E-state index contributed by atoms with van der Waals surface area (Å²) in [7, 11) is 0. The van der Waals surface area contributed by atoms with Crippen LogP contribution in [0.25, 0.3) is 16.7 Å². The molecule has 23 heavy (non-hydrogen) atoms. The minimum atomic E-state index is -1.02. The molecule has 1 aliphatic carbocycles. The number of carbonyl (C=O) groups is 1. The van der Waals surface area contributed by atoms with Crippen LogP contribution in [0, 0.1) is 12.7 Å². The number of carboxylic acids is 1. The fourth-order valence-corrected chi connectivity index (χ4v) is 2.87. The molecule has 0 radical (unpaired) electrons. The van der Waals surface area contributed by atoms with Crippen LogP contribution in [0.5, 0.6) is 0 Å². The van der Waals surface area contributed by atoms with Gasteiger partial charge < -0.3 is 5.11 Å². The van der Waals surface area contributed by atoms with Crippen LogP contribution in [-0.2, 0) is 0 Å². The molecule has 0 bridgehead atoms. The molecule has 4 rings (SSSR count). The zero-order valence-corrected chi connectivity index (χ0v) is 12.5. The molecule has 1 aliphatic rings. The summed E-state index contributed by atoms with van der Waals surface area (Å²) in [6.45, 7) is 1.72. The third-order valence-corrected chi connectivity index (χ3v) is 4.07. The predicted molar refractivity (Wildman–Crippen MR) is 82.5 cm³/mol. The highest BCUT2D eigenvalue weighted by molar-refractivity contribution is 6.03. The number of hydrogen-bond donors (Lipinski definition) is 1. The van der Waals surface area contributed by atoms with Gasteiger partial charge in [0.15, 0.2) is 5.65 Å². The molecule has 1 fully saturated rings. The maximum Gasteiger partial charge on any atom is 0.336 e. The van der Waals surface area contributed by atoms with Crippen LogP contribution < -0.4 is 0 Å². The lowest BCUT2D eigenvalue weighted by Crippen LogP contribution is -2.03. The van der Waals surface area contributed by atoms with Gasteiger partial charge in [-0.25, -0.2) is 18.9 Å². The van der Waals surface area contributed by atoms with E-state index in [1.165, 1.54) is 10.7 Å². The van der Waals surface area contributed by atoms with Gasteiger partial charge in [-0.2, -0.15) is 5.10 Å². The highest BCUT2D eigenvalue weighted by Gasteiger charge is 2.32. The Morgan fingerprint density at radius 2 is 2.09 bits per heavy atom. The number of carboxylic acid groups (broad SMARTS) is 1. The van der Waals surface area contributed by atoms with E-state index < -0.39 is 11.8 Å². The minimum Gasteiger partial charge on any atom is -0.478 e. The smallest absolute Gasteiger partial charge is 0.336 e. The Balaban J connectivity index is 2.10. The largest absolute Gasteiger partial charge is 0.478 e. The van der Waals surface area contributed by atoms with E-state index >= 15 is 0 Å². The van der Waals surface area contributed by atoms with Gasteiger partial charge in [0.05, 0.1) is 16.6 Å². The molecule has 116 valence electrons. The first-order chi connectivity index (χ1) is 11.1. The molecule has 5 nitrogen and oxygen atoms in total. The first-order valence-corrected chi connectivity index (χ1v) is 7.44. The normalized spacial score (nSPS) is 14.3. The molecule has 0 aliphatic heterocycles. The van der Waals surface area contributed by atoms with Crippen molar-refractivity contribution in [2.45, 2.75) is 25.7 Å². The molecule has 1 aromatic carbocycles. The minimum absolute atomic E-state index is 0.178. The summed E-state index contributed by atoms with van der Waals surface area (Å²) in [6, 6.07) is 7.84. The van der Waals surface area contributed by atoms with Gasteiger partial charge in [0, 0.05) is 11.6 Å². The quantitative estimate of drug-likeness (QED) is 0.804. The molecule has 0 spiro atoms. The molecule has 0 atom stereocenters. The lowest BCUT2D eigenvalue weighted by molar-refractivity contribution is 0.0698. The van der Waals surface area contributed by atoms with E-state index in [1.54, 1.807) is 31.2 Å². The molecule has 0 amide bonds. The second-order valence-electron chi connectivity index (χ2n) is 5.84. The molecule has 6 heteroatoms. The van der Waals surface area contributed by atoms with Crippen molar-refractivity contribution in [3.05, 3.63) is 53.1 Å². The fraction of sp³-hybridized carbons (Fsp3) is 0.235. The zero-order chi connectivity index (χ0) is 16.1. The van der Waals surface area contributed by atoms with Gasteiger partial charge in [0.2, 0.25) is 0 Å².